The van der Waals surface area contributed by atoms with Gasteiger partial charge in [-0.25, -0.2) is 0 Å². The molecule has 0 atom stereocenters. The standard InChI is InChI=1S/C19H32N2O/c1-2-3-4-8-17-22-19-11-9-18(10-12-19)20-13-16-21-14-6-5-7-15-21/h9-12,20H,2-8,13-17H2,1H3. The van der Waals surface area contributed by atoms with Crippen molar-refractivity contribution in [3.8, 4) is 5.75 Å². The Hall–Kier alpha value is -1.22. The van der Waals surface area contributed by atoms with Crippen LogP contribution < -0.4 is 10.1 Å². The summed E-state index contributed by atoms with van der Waals surface area (Å²) in [7, 11) is 0. The third-order valence-electron chi connectivity index (χ3n) is 4.33. The number of nitrogens with one attached hydrogen (secondary N) is 1. The molecule has 3 nitrogen and oxygen atoms in total. The third-order valence-corrected chi connectivity index (χ3v) is 4.33. The van der Waals surface area contributed by atoms with E-state index in [0.717, 1.165) is 31.9 Å². The predicted octanol–water partition coefficient (Wildman–Crippen LogP) is 4.54. The largest absolute Gasteiger partial charge is 0.494 e. The molecule has 1 fully saturated rings. The van der Waals surface area contributed by atoms with Gasteiger partial charge in [-0.15, -0.1) is 0 Å². The molecular formula is C19H32N2O. The topological polar surface area (TPSA) is 24.5 Å². The summed E-state index contributed by atoms with van der Waals surface area (Å²) in [5.74, 6) is 0.984. The zero-order chi connectivity index (χ0) is 15.5. The summed E-state index contributed by atoms with van der Waals surface area (Å²) in [6.45, 7) is 7.78. The molecule has 0 bridgehead atoms. The van der Waals surface area contributed by atoms with Gasteiger partial charge in [-0.1, -0.05) is 32.6 Å². The fraction of sp³-hybridized carbons (Fsp3) is 0.684. The lowest BCUT2D eigenvalue weighted by atomic mass is 10.1. The van der Waals surface area contributed by atoms with Gasteiger partial charge in [0.05, 0.1) is 6.61 Å². The van der Waals surface area contributed by atoms with Gasteiger partial charge in [0.1, 0.15) is 5.75 Å². The maximum atomic E-state index is 5.77. The van der Waals surface area contributed by atoms with E-state index in [2.05, 4.69) is 41.4 Å². The molecule has 3 heteroatoms. The minimum atomic E-state index is 0.835. The van der Waals surface area contributed by atoms with Gasteiger partial charge >= 0.3 is 0 Å². The van der Waals surface area contributed by atoms with E-state index in [-0.39, 0.29) is 0 Å². The Morgan fingerprint density at radius 3 is 2.50 bits per heavy atom. The lowest BCUT2D eigenvalue weighted by Crippen LogP contribution is -2.33. The van der Waals surface area contributed by atoms with Crippen LogP contribution in [0.3, 0.4) is 0 Å². The fourth-order valence-electron chi connectivity index (χ4n) is 2.93. The van der Waals surface area contributed by atoms with Crippen molar-refractivity contribution in [2.75, 3.05) is 38.1 Å². The second-order valence-electron chi connectivity index (χ2n) is 6.26. The summed E-state index contributed by atoms with van der Waals surface area (Å²) in [5.41, 5.74) is 1.19. The predicted molar refractivity (Wildman–Crippen MR) is 94.9 cm³/mol. The second kappa shape index (κ2) is 10.5. The monoisotopic (exact) mass is 304 g/mol. The van der Waals surface area contributed by atoms with Crippen molar-refractivity contribution in [3.63, 3.8) is 0 Å². The summed E-state index contributed by atoms with van der Waals surface area (Å²) in [6, 6.07) is 8.39. The van der Waals surface area contributed by atoms with Gasteiger partial charge < -0.3 is 15.0 Å². The molecule has 0 radical (unpaired) electrons. The van der Waals surface area contributed by atoms with Gasteiger partial charge in [-0.3, -0.25) is 0 Å². The Bertz CT molecular complexity index is 385. The van der Waals surface area contributed by atoms with E-state index >= 15 is 0 Å². The van der Waals surface area contributed by atoms with E-state index in [4.69, 9.17) is 4.74 Å². The number of hydrogen-bond donors (Lipinski definition) is 1. The number of nitrogens with zero attached hydrogens (tertiary/aromatic N) is 1. The molecule has 124 valence electrons. The fourth-order valence-corrected chi connectivity index (χ4v) is 2.93. The van der Waals surface area contributed by atoms with Gasteiger partial charge in [0.25, 0.3) is 0 Å². The highest BCUT2D eigenvalue weighted by atomic mass is 16.5. The van der Waals surface area contributed by atoms with E-state index in [1.54, 1.807) is 0 Å². The first-order chi connectivity index (χ1) is 10.9. The third kappa shape index (κ3) is 6.69. The molecule has 1 aliphatic rings. The number of rotatable bonds is 10. The van der Waals surface area contributed by atoms with Crippen LogP contribution in [0.15, 0.2) is 24.3 Å². The Labute approximate surface area is 136 Å². The summed E-state index contributed by atoms with van der Waals surface area (Å²) >= 11 is 0. The number of anilines is 1. The quantitative estimate of drug-likeness (QED) is 0.642. The van der Waals surface area contributed by atoms with Crippen molar-refractivity contribution in [2.24, 2.45) is 0 Å². The second-order valence-corrected chi connectivity index (χ2v) is 6.26. The van der Waals surface area contributed by atoms with Crippen molar-refractivity contribution in [1.82, 2.24) is 4.90 Å². The molecule has 1 aromatic rings. The van der Waals surface area contributed by atoms with E-state index in [9.17, 15) is 0 Å². The van der Waals surface area contributed by atoms with Crippen LogP contribution in [0, 0.1) is 0 Å². The summed E-state index contributed by atoms with van der Waals surface area (Å²) in [6.07, 6.45) is 9.15. The molecule has 1 N–H and O–H groups in total. The molecule has 2 rings (SSSR count). The van der Waals surface area contributed by atoms with Crippen LogP contribution in [0.25, 0.3) is 0 Å². The number of unbranched alkanes of at least 4 members (excludes halogenated alkanes) is 3. The normalized spacial score (nSPS) is 15.7. The molecule has 0 amide bonds. The summed E-state index contributed by atoms with van der Waals surface area (Å²) in [4.78, 5) is 2.56. The first-order valence-corrected chi connectivity index (χ1v) is 9.07. The molecule has 0 spiro atoms. The minimum Gasteiger partial charge on any atom is -0.494 e. The molecule has 22 heavy (non-hydrogen) atoms. The zero-order valence-electron chi connectivity index (χ0n) is 14.2. The van der Waals surface area contributed by atoms with Crippen molar-refractivity contribution in [1.29, 1.82) is 0 Å². The Morgan fingerprint density at radius 2 is 1.77 bits per heavy atom. The van der Waals surface area contributed by atoms with Crippen molar-refractivity contribution < 1.29 is 4.74 Å². The van der Waals surface area contributed by atoms with E-state index < -0.39 is 0 Å². The Kier molecular flexibility index (Phi) is 8.18. The van der Waals surface area contributed by atoms with Crippen molar-refractivity contribution in [2.45, 2.75) is 51.9 Å². The van der Waals surface area contributed by atoms with E-state index in [1.165, 1.54) is 57.3 Å². The maximum absolute atomic E-state index is 5.77. The molecule has 0 aliphatic carbocycles. The maximum Gasteiger partial charge on any atom is 0.119 e. The van der Waals surface area contributed by atoms with Gasteiger partial charge in [0.2, 0.25) is 0 Å². The van der Waals surface area contributed by atoms with Crippen LogP contribution in [0.1, 0.15) is 51.9 Å². The number of likely N-dealkylation sites (tertiary alicyclic amines) is 1. The van der Waals surface area contributed by atoms with Crippen LogP contribution in [-0.4, -0.2) is 37.7 Å². The molecule has 0 unspecified atom stereocenters. The molecule has 0 aromatic heterocycles. The zero-order valence-corrected chi connectivity index (χ0v) is 14.2. The average Bonchev–Trinajstić information content (AvgIpc) is 2.57. The van der Waals surface area contributed by atoms with E-state index in [0.29, 0.717) is 0 Å². The highest BCUT2D eigenvalue weighted by Gasteiger charge is 2.08. The molecular weight excluding hydrogens is 272 g/mol. The van der Waals surface area contributed by atoms with Crippen LogP contribution in [-0.2, 0) is 0 Å². The highest BCUT2D eigenvalue weighted by molar-refractivity contribution is 5.46. The van der Waals surface area contributed by atoms with Crippen LogP contribution in [0.2, 0.25) is 0 Å². The first kappa shape index (κ1) is 17.1. The number of piperidine rings is 1. The minimum absolute atomic E-state index is 0.835. The average molecular weight is 304 g/mol. The van der Waals surface area contributed by atoms with Crippen LogP contribution in [0.4, 0.5) is 5.69 Å². The smallest absolute Gasteiger partial charge is 0.119 e. The van der Waals surface area contributed by atoms with Crippen LogP contribution >= 0.6 is 0 Å². The van der Waals surface area contributed by atoms with Crippen molar-refractivity contribution in [3.05, 3.63) is 24.3 Å². The van der Waals surface area contributed by atoms with Gasteiger partial charge in [0.15, 0.2) is 0 Å². The van der Waals surface area contributed by atoms with Gasteiger partial charge in [-0.05, 0) is 56.6 Å². The van der Waals surface area contributed by atoms with Crippen LogP contribution in [0.5, 0.6) is 5.75 Å². The highest BCUT2D eigenvalue weighted by Crippen LogP contribution is 2.16. The molecule has 1 heterocycles. The number of hydrogen-bond acceptors (Lipinski definition) is 3. The lowest BCUT2D eigenvalue weighted by Gasteiger charge is -2.26. The SMILES string of the molecule is CCCCCCOc1ccc(NCCN2CCCCC2)cc1. The van der Waals surface area contributed by atoms with Gasteiger partial charge in [0, 0.05) is 18.8 Å². The lowest BCUT2D eigenvalue weighted by molar-refractivity contribution is 0.237. The Balaban J connectivity index is 1.59. The molecule has 1 aliphatic heterocycles. The first-order valence-electron chi connectivity index (χ1n) is 9.07. The summed E-state index contributed by atoms with van der Waals surface area (Å²) in [5, 5.41) is 3.51. The summed E-state index contributed by atoms with van der Waals surface area (Å²) < 4.78 is 5.77. The molecule has 1 saturated heterocycles. The molecule has 0 saturated carbocycles. The van der Waals surface area contributed by atoms with E-state index in [1.807, 2.05) is 0 Å². The Morgan fingerprint density at radius 1 is 1.00 bits per heavy atom. The number of ether oxygens (including phenoxy) is 1. The van der Waals surface area contributed by atoms with Gasteiger partial charge in [-0.2, -0.15) is 0 Å². The van der Waals surface area contributed by atoms with Crippen molar-refractivity contribution >= 4 is 5.69 Å². The molecule has 1 aromatic carbocycles. The number of benzene rings is 1.